The summed E-state index contributed by atoms with van der Waals surface area (Å²) >= 11 is 0. The number of nitrogen functional groups attached to an aromatic ring is 1. The average molecular weight is 421 g/mol. The van der Waals surface area contributed by atoms with Crippen LogP contribution in [0.2, 0.25) is 0 Å². The molecule has 0 radical (unpaired) electrons. The van der Waals surface area contributed by atoms with Gasteiger partial charge in [0, 0.05) is 24.2 Å². The molecule has 4 aromatic rings. The Morgan fingerprint density at radius 3 is 2.30 bits per heavy atom. The summed E-state index contributed by atoms with van der Waals surface area (Å²) in [5.74, 6) is -9.27. The van der Waals surface area contributed by atoms with Crippen LogP contribution >= 0.6 is 0 Å². The minimum Gasteiger partial charge on any atom is -0.451 e. The number of benzene rings is 2. The molecule has 0 spiro atoms. The van der Waals surface area contributed by atoms with Crippen molar-refractivity contribution in [3.05, 3.63) is 59.7 Å². The lowest BCUT2D eigenvalue weighted by molar-refractivity contribution is 0.365. The van der Waals surface area contributed by atoms with Gasteiger partial charge in [-0.25, -0.2) is 27.8 Å². The monoisotopic (exact) mass is 421 g/mol. The number of anilines is 1. The van der Waals surface area contributed by atoms with Crippen molar-refractivity contribution in [1.29, 1.82) is 0 Å². The van der Waals surface area contributed by atoms with Crippen molar-refractivity contribution in [2.75, 3.05) is 5.73 Å². The van der Waals surface area contributed by atoms with Gasteiger partial charge in [-0.1, -0.05) is 0 Å². The SMILES string of the molecule is CCn1nc(-c2ccc(Oc3c(F)c(F)cc(F)c3F)cc2F)c2c(N)ncnc21. The molecule has 0 saturated carbocycles. The quantitative estimate of drug-likeness (QED) is 0.385. The largest absolute Gasteiger partial charge is 0.451 e. The lowest BCUT2D eigenvalue weighted by Gasteiger charge is -2.10. The fourth-order valence-electron chi connectivity index (χ4n) is 2.95. The smallest absolute Gasteiger partial charge is 0.204 e. The van der Waals surface area contributed by atoms with Gasteiger partial charge in [0.2, 0.25) is 17.4 Å². The first-order valence-corrected chi connectivity index (χ1v) is 8.59. The third-order valence-corrected chi connectivity index (χ3v) is 4.35. The van der Waals surface area contributed by atoms with Crippen molar-refractivity contribution in [3.8, 4) is 22.8 Å². The summed E-state index contributed by atoms with van der Waals surface area (Å²) in [6, 6.07) is 3.23. The van der Waals surface area contributed by atoms with E-state index >= 15 is 0 Å². The van der Waals surface area contributed by atoms with Crippen LogP contribution in [-0.4, -0.2) is 19.7 Å². The highest BCUT2D eigenvalue weighted by Gasteiger charge is 2.23. The molecule has 0 atom stereocenters. The molecule has 0 aliphatic heterocycles. The molecule has 0 fully saturated rings. The van der Waals surface area contributed by atoms with Crippen LogP contribution in [0.25, 0.3) is 22.3 Å². The molecule has 6 nitrogen and oxygen atoms in total. The number of halogens is 5. The Morgan fingerprint density at radius 2 is 1.67 bits per heavy atom. The topological polar surface area (TPSA) is 78.9 Å². The molecule has 0 bridgehead atoms. The number of nitrogens with zero attached hydrogens (tertiary/aromatic N) is 4. The Kier molecular flexibility index (Phi) is 4.72. The predicted molar refractivity (Wildman–Crippen MR) is 97.2 cm³/mol. The van der Waals surface area contributed by atoms with Crippen molar-refractivity contribution in [2.24, 2.45) is 0 Å². The molecule has 0 saturated heterocycles. The highest BCUT2D eigenvalue weighted by atomic mass is 19.2. The zero-order valence-corrected chi connectivity index (χ0v) is 15.3. The van der Waals surface area contributed by atoms with Gasteiger partial charge in [0.25, 0.3) is 0 Å². The van der Waals surface area contributed by atoms with Gasteiger partial charge in [0.05, 0.1) is 5.39 Å². The molecular formula is C19H12F5N5O. The Morgan fingerprint density at radius 1 is 0.967 bits per heavy atom. The van der Waals surface area contributed by atoms with Crippen molar-refractivity contribution in [3.63, 3.8) is 0 Å². The van der Waals surface area contributed by atoms with E-state index in [1.807, 2.05) is 6.92 Å². The zero-order valence-electron chi connectivity index (χ0n) is 15.3. The number of hydrogen-bond acceptors (Lipinski definition) is 5. The van der Waals surface area contributed by atoms with Crippen LogP contribution in [-0.2, 0) is 6.54 Å². The van der Waals surface area contributed by atoms with Crippen LogP contribution in [0, 0.1) is 29.1 Å². The predicted octanol–water partition coefficient (Wildman–Crippen LogP) is 4.58. The molecule has 2 aromatic heterocycles. The molecule has 0 aliphatic carbocycles. The molecule has 0 unspecified atom stereocenters. The van der Waals surface area contributed by atoms with Gasteiger partial charge in [-0.2, -0.15) is 13.9 Å². The van der Waals surface area contributed by atoms with Gasteiger partial charge in [-0.15, -0.1) is 0 Å². The number of aromatic nitrogens is 4. The lowest BCUT2D eigenvalue weighted by Crippen LogP contribution is -2.00. The van der Waals surface area contributed by atoms with E-state index in [-0.39, 0.29) is 28.9 Å². The molecule has 154 valence electrons. The Labute approximate surface area is 165 Å². The molecule has 0 amide bonds. The Balaban J connectivity index is 1.79. The van der Waals surface area contributed by atoms with Gasteiger partial charge in [0.15, 0.2) is 17.3 Å². The van der Waals surface area contributed by atoms with E-state index in [0.29, 0.717) is 17.6 Å². The van der Waals surface area contributed by atoms with E-state index in [4.69, 9.17) is 10.5 Å². The maximum Gasteiger partial charge on any atom is 0.204 e. The summed E-state index contributed by atoms with van der Waals surface area (Å²) in [5, 5.41) is 4.63. The molecular weight excluding hydrogens is 409 g/mol. The number of nitrogens with two attached hydrogens (primary N) is 1. The fourth-order valence-corrected chi connectivity index (χ4v) is 2.95. The van der Waals surface area contributed by atoms with Gasteiger partial charge >= 0.3 is 0 Å². The second-order valence-electron chi connectivity index (χ2n) is 6.16. The summed E-state index contributed by atoms with van der Waals surface area (Å²) < 4.78 is 75.5. The highest BCUT2D eigenvalue weighted by molar-refractivity contribution is 5.98. The van der Waals surface area contributed by atoms with Crippen LogP contribution < -0.4 is 10.5 Å². The van der Waals surface area contributed by atoms with Crippen molar-refractivity contribution >= 4 is 16.9 Å². The Hall–Kier alpha value is -3.76. The van der Waals surface area contributed by atoms with Crippen molar-refractivity contribution in [1.82, 2.24) is 19.7 Å². The van der Waals surface area contributed by atoms with Gasteiger partial charge in [-0.05, 0) is 19.1 Å². The number of rotatable bonds is 4. The number of ether oxygens (including phenoxy) is 1. The molecule has 2 aromatic carbocycles. The van der Waals surface area contributed by atoms with Gasteiger partial charge in [-0.3, -0.25) is 0 Å². The summed E-state index contributed by atoms with van der Waals surface area (Å²) in [7, 11) is 0. The number of aryl methyl sites for hydroxylation is 1. The van der Waals surface area contributed by atoms with E-state index < -0.39 is 34.8 Å². The van der Waals surface area contributed by atoms with E-state index in [9.17, 15) is 22.0 Å². The minimum absolute atomic E-state index is 0.00702. The second kappa shape index (κ2) is 7.25. The average Bonchev–Trinajstić information content (AvgIpc) is 3.10. The second-order valence-corrected chi connectivity index (χ2v) is 6.16. The van der Waals surface area contributed by atoms with Crippen LogP contribution in [0.1, 0.15) is 6.92 Å². The van der Waals surface area contributed by atoms with Gasteiger partial charge < -0.3 is 10.5 Å². The summed E-state index contributed by atoms with van der Waals surface area (Å²) in [6.07, 6.45) is 1.25. The third-order valence-electron chi connectivity index (χ3n) is 4.35. The minimum atomic E-state index is -1.74. The molecule has 2 heterocycles. The van der Waals surface area contributed by atoms with Crippen LogP contribution in [0.3, 0.4) is 0 Å². The summed E-state index contributed by atoms with van der Waals surface area (Å²) in [5.41, 5.74) is 6.45. The molecule has 30 heavy (non-hydrogen) atoms. The van der Waals surface area contributed by atoms with Gasteiger partial charge in [0.1, 0.15) is 29.4 Å². The normalized spacial score (nSPS) is 11.3. The van der Waals surface area contributed by atoms with Crippen LogP contribution in [0.5, 0.6) is 11.5 Å². The highest BCUT2D eigenvalue weighted by Crippen LogP contribution is 2.35. The van der Waals surface area contributed by atoms with E-state index in [1.165, 1.54) is 17.1 Å². The molecule has 4 rings (SSSR count). The lowest BCUT2D eigenvalue weighted by atomic mass is 10.1. The van der Waals surface area contributed by atoms with E-state index in [2.05, 4.69) is 15.1 Å². The first kappa shape index (κ1) is 19.6. The summed E-state index contributed by atoms with van der Waals surface area (Å²) in [4.78, 5) is 8.00. The number of hydrogen-bond donors (Lipinski definition) is 1. The van der Waals surface area contributed by atoms with Crippen LogP contribution in [0.4, 0.5) is 27.8 Å². The van der Waals surface area contributed by atoms with Crippen molar-refractivity contribution in [2.45, 2.75) is 13.5 Å². The molecule has 11 heteroatoms. The maximum atomic E-state index is 14.8. The van der Waals surface area contributed by atoms with E-state index in [1.54, 1.807) is 0 Å². The number of fused-ring (bicyclic) bond motifs is 1. The standard InChI is InChI=1S/C19H12F5N5O/c1-2-29-19-13(18(25)26-7-27-19)16(28-29)9-4-3-8(5-10(9)20)30-17-14(23)11(21)6-12(22)15(17)24/h3-7H,2H2,1H3,(H2,25,26,27). The van der Waals surface area contributed by atoms with E-state index in [0.717, 1.165) is 12.1 Å². The molecule has 0 aliphatic rings. The Bertz CT molecular complexity index is 1260. The first-order valence-electron chi connectivity index (χ1n) is 8.59. The summed E-state index contributed by atoms with van der Waals surface area (Å²) in [6.45, 7) is 2.24. The van der Waals surface area contributed by atoms with Crippen LogP contribution in [0.15, 0.2) is 30.6 Å². The maximum absolute atomic E-state index is 14.8. The zero-order chi connectivity index (χ0) is 21.6. The molecule has 2 N–H and O–H groups in total. The fraction of sp³-hybridized carbons (Fsp3) is 0.105. The first-order chi connectivity index (χ1) is 14.3. The third kappa shape index (κ3) is 3.08. The van der Waals surface area contributed by atoms with Crippen molar-refractivity contribution < 1.29 is 26.7 Å².